The van der Waals surface area contributed by atoms with E-state index in [1.165, 1.54) is 55.4 Å². The molecule has 0 amide bonds. The maximum atomic E-state index is 13.6. The van der Waals surface area contributed by atoms with Crippen LogP contribution in [0.4, 0.5) is 0 Å². The Bertz CT molecular complexity index is 1180. The number of rotatable bonds is 18. The van der Waals surface area contributed by atoms with Crippen molar-refractivity contribution in [3.63, 3.8) is 0 Å². The van der Waals surface area contributed by atoms with Gasteiger partial charge in [-0.2, -0.15) is 0 Å². The summed E-state index contributed by atoms with van der Waals surface area (Å²) in [4.78, 5) is 13.6. The first kappa shape index (κ1) is 35.1. The number of ether oxygens (including phenoxy) is 1. The number of benzene rings is 3. The van der Waals surface area contributed by atoms with Crippen LogP contribution < -0.4 is 0 Å². The molecule has 3 aromatic carbocycles. The zero-order chi connectivity index (χ0) is 31.1. The molecule has 0 aliphatic heterocycles. The third-order valence-electron chi connectivity index (χ3n) is 8.84. The van der Waals surface area contributed by atoms with Gasteiger partial charge in [-0.3, -0.25) is 0 Å². The summed E-state index contributed by atoms with van der Waals surface area (Å²) in [7, 11) is 0. The molecule has 232 valence electrons. The molecule has 0 unspecified atom stereocenters. The van der Waals surface area contributed by atoms with Crippen molar-refractivity contribution in [1.29, 1.82) is 0 Å². The number of carbonyl (C=O) groups excluding carboxylic acids is 1. The monoisotopic (exact) mass is 692 g/mol. The van der Waals surface area contributed by atoms with Gasteiger partial charge in [-0.25, -0.2) is 0 Å². The summed E-state index contributed by atoms with van der Waals surface area (Å²) in [6.07, 6.45) is 7.17. The Morgan fingerprint density at radius 2 is 1.19 bits per heavy atom. The van der Waals surface area contributed by atoms with E-state index in [-0.39, 0.29) is 6.42 Å². The molecule has 43 heavy (non-hydrogen) atoms. The van der Waals surface area contributed by atoms with Crippen molar-refractivity contribution < 1.29 is 19.7 Å². The van der Waals surface area contributed by atoms with Crippen LogP contribution in [0.1, 0.15) is 95.4 Å². The number of aliphatic hydroxyl groups excluding tert-OH is 1. The van der Waals surface area contributed by atoms with Crippen LogP contribution in [0.5, 0.6) is 0 Å². The van der Waals surface area contributed by atoms with E-state index < -0.39 is 42.2 Å². The summed E-state index contributed by atoms with van der Waals surface area (Å²) >= 11 is -2.70. The number of allylic oxidation sites excluding steroid dienone is 1. The second-order valence-corrected chi connectivity index (χ2v) is 25.8. The molecule has 0 aliphatic rings. The molecular formula is C38H52O4Sn. The third-order valence-corrected chi connectivity index (χ3v) is 25.3. The standard InChI is InChI=1S/C26H25O4.3C4H9.Sn/c1-2-12-23(27)19-24(28)30-25(20-13-6-3-7-14-20)26(29,21-15-8-4-9-16-21)22-17-10-5-11-18-22;3*1-3-4-2;/h3-18,23,25,27,29H,19H2,1H3;3*1,3-4H2,2H3;/t23-,25+;;;;/m0..../s1. The molecule has 0 bridgehead atoms. The van der Waals surface area contributed by atoms with Gasteiger partial charge >= 0.3 is 265 Å². The van der Waals surface area contributed by atoms with E-state index in [1.54, 1.807) is 0 Å². The van der Waals surface area contributed by atoms with Gasteiger partial charge in [0.2, 0.25) is 0 Å². The average molecular weight is 692 g/mol. The molecular weight excluding hydrogens is 639 g/mol. The molecule has 0 aromatic heterocycles. The molecule has 0 fully saturated rings. The van der Waals surface area contributed by atoms with Gasteiger partial charge in [-0.15, -0.1) is 0 Å². The van der Waals surface area contributed by atoms with Crippen LogP contribution in [0.2, 0.25) is 13.3 Å². The van der Waals surface area contributed by atoms with Gasteiger partial charge in [0, 0.05) is 0 Å². The number of hydrogen-bond acceptors (Lipinski definition) is 4. The fourth-order valence-corrected chi connectivity index (χ4v) is 22.2. The molecule has 3 aromatic rings. The van der Waals surface area contributed by atoms with Crippen LogP contribution in [0, 0.1) is 0 Å². The molecule has 0 saturated carbocycles. The summed E-state index contributed by atoms with van der Waals surface area (Å²) in [5.74, 6) is -0.535. The zero-order valence-electron chi connectivity index (χ0n) is 26.7. The van der Waals surface area contributed by atoms with Gasteiger partial charge in [-0.1, -0.05) is 0 Å². The molecule has 0 heterocycles. The summed E-state index contributed by atoms with van der Waals surface area (Å²) < 4.78 is 11.5. The zero-order valence-corrected chi connectivity index (χ0v) is 29.5. The van der Waals surface area contributed by atoms with Crippen molar-refractivity contribution in [2.75, 3.05) is 0 Å². The normalized spacial score (nSPS) is 13.9. The van der Waals surface area contributed by atoms with Crippen molar-refractivity contribution in [2.45, 2.75) is 104 Å². The molecule has 0 aliphatic carbocycles. The van der Waals surface area contributed by atoms with Gasteiger partial charge in [0.15, 0.2) is 0 Å². The molecule has 4 nitrogen and oxygen atoms in total. The van der Waals surface area contributed by atoms with Crippen molar-refractivity contribution in [2.24, 2.45) is 0 Å². The van der Waals surface area contributed by atoms with Gasteiger partial charge in [0.1, 0.15) is 0 Å². The van der Waals surface area contributed by atoms with E-state index in [1.807, 2.05) is 97.1 Å². The quantitative estimate of drug-likeness (QED) is 0.103. The predicted molar refractivity (Wildman–Crippen MR) is 180 cm³/mol. The van der Waals surface area contributed by atoms with E-state index in [4.69, 9.17) is 4.74 Å². The summed E-state index contributed by atoms with van der Waals surface area (Å²) in [5, 5.41) is 23.8. The van der Waals surface area contributed by atoms with Crippen molar-refractivity contribution in [3.8, 4) is 0 Å². The number of unbranched alkanes of at least 4 members (excludes halogenated alkanes) is 3. The second-order valence-electron chi connectivity index (χ2n) is 12.0. The van der Waals surface area contributed by atoms with Crippen LogP contribution in [0.3, 0.4) is 0 Å². The Balaban J connectivity index is 1.93. The Hall–Kier alpha value is -2.41. The van der Waals surface area contributed by atoms with Gasteiger partial charge in [0.25, 0.3) is 0 Å². The van der Waals surface area contributed by atoms with Crippen LogP contribution in [-0.2, 0) is 15.1 Å². The van der Waals surface area contributed by atoms with Crippen molar-refractivity contribution in [3.05, 3.63) is 117 Å². The SMILES string of the molecule is CCC[CH2][Sn]([CH2]CCC)([CH2]CCC)/[C](C)=C/[C@H](O)CC(=O)O[C@H](c1ccccc1)C(O)(c1ccccc1)c1ccccc1. The van der Waals surface area contributed by atoms with Crippen LogP contribution in [-0.4, -0.2) is 40.7 Å². The van der Waals surface area contributed by atoms with Crippen LogP contribution in [0.15, 0.2) is 101 Å². The fraction of sp³-hybridized carbons (Fsp3) is 0.447. The third kappa shape index (κ3) is 9.54. The number of carbonyl (C=O) groups is 1. The Kier molecular flexibility index (Phi) is 14.5. The predicted octanol–water partition coefficient (Wildman–Crippen LogP) is 9.29. The first-order valence-corrected chi connectivity index (χ1v) is 23.7. The van der Waals surface area contributed by atoms with E-state index >= 15 is 0 Å². The van der Waals surface area contributed by atoms with Crippen molar-refractivity contribution >= 4 is 24.3 Å². The summed E-state index contributed by atoms with van der Waals surface area (Å²) in [6.45, 7) is 9.00. The molecule has 5 heteroatoms. The molecule has 0 radical (unpaired) electrons. The molecule has 3 rings (SSSR count). The molecule has 2 atom stereocenters. The van der Waals surface area contributed by atoms with E-state index in [0.717, 1.165) is 0 Å². The van der Waals surface area contributed by atoms with Gasteiger partial charge in [0.05, 0.1) is 0 Å². The van der Waals surface area contributed by atoms with E-state index in [2.05, 4.69) is 27.7 Å². The average Bonchev–Trinajstić information content (AvgIpc) is 3.04. The number of esters is 1. The summed E-state index contributed by atoms with van der Waals surface area (Å²) in [5.41, 5.74) is 0.296. The van der Waals surface area contributed by atoms with Crippen molar-refractivity contribution in [1.82, 2.24) is 0 Å². The van der Waals surface area contributed by atoms with Gasteiger partial charge < -0.3 is 0 Å². The van der Waals surface area contributed by atoms with Gasteiger partial charge in [-0.05, 0) is 0 Å². The van der Waals surface area contributed by atoms with E-state index in [0.29, 0.717) is 16.7 Å². The fourth-order valence-electron chi connectivity index (χ4n) is 6.26. The Labute approximate surface area is 264 Å². The topological polar surface area (TPSA) is 66.8 Å². The minimum absolute atomic E-state index is 0.155. The number of aliphatic hydroxyl groups is 2. The van der Waals surface area contributed by atoms with E-state index in [9.17, 15) is 15.0 Å². The Morgan fingerprint density at radius 3 is 1.60 bits per heavy atom. The maximum absolute atomic E-state index is 13.6. The first-order chi connectivity index (χ1) is 20.8. The second kappa shape index (κ2) is 17.8. The van der Waals surface area contributed by atoms with Crippen LogP contribution in [0.25, 0.3) is 0 Å². The molecule has 0 saturated heterocycles. The minimum atomic E-state index is -2.70. The Morgan fingerprint density at radius 1 is 0.767 bits per heavy atom. The number of hydrogen-bond donors (Lipinski definition) is 2. The first-order valence-electron chi connectivity index (χ1n) is 16.3. The molecule has 2 N–H and O–H groups in total. The molecule has 0 spiro atoms. The van der Waals surface area contributed by atoms with Crippen LogP contribution >= 0.6 is 0 Å². The summed E-state index contributed by atoms with van der Waals surface area (Å²) in [6, 6.07) is 28.1.